The summed E-state index contributed by atoms with van der Waals surface area (Å²) in [4.78, 5) is 19.3. The highest BCUT2D eigenvalue weighted by atomic mass is 32.1. The number of likely N-dealkylation sites (tertiary alicyclic amines) is 1. The third kappa shape index (κ3) is 3.14. The van der Waals surface area contributed by atoms with Crippen LogP contribution in [0.1, 0.15) is 29.5 Å². The molecule has 1 saturated heterocycles. The Hall–Kier alpha value is -2.91. The molecule has 0 saturated carbocycles. The first kappa shape index (κ1) is 16.6. The molecule has 1 fully saturated rings. The highest BCUT2D eigenvalue weighted by Crippen LogP contribution is 2.36. The molecular formula is C20H17N3O2S. The van der Waals surface area contributed by atoms with Gasteiger partial charge in [-0.15, -0.1) is 11.3 Å². The van der Waals surface area contributed by atoms with E-state index < -0.39 is 0 Å². The van der Waals surface area contributed by atoms with Gasteiger partial charge in [0, 0.05) is 6.54 Å². The maximum absolute atomic E-state index is 12.7. The van der Waals surface area contributed by atoms with E-state index in [1.165, 1.54) is 0 Å². The predicted octanol–water partition coefficient (Wildman–Crippen LogP) is 3.91. The lowest BCUT2D eigenvalue weighted by molar-refractivity contribution is -0.134. The van der Waals surface area contributed by atoms with E-state index in [4.69, 9.17) is 15.0 Å². The third-order valence-corrected chi connectivity index (χ3v) is 5.66. The molecule has 1 atom stereocenters. The van der Waals surface area contributed by atoms with Gasteiger partial charge in [0.25, 0.3) is 5.91 Å². The van der Waals surface area contributed by atoms with Gasteiger partial charge in [0.15, 0.2) is 6.61 Å². The normalized spacial score (nSPS) is 16.6. The summed E-state index contributed by atoms with van der Waals surface area (Å²) in [6, 6.07) is 17.1. The average molecular weight is 363 g/mol. The minimum absolute atomic E-state index is 0.00899. The van der Waals surface area contributed by atoms with Gasteiger partial charge < -0.3 is 9.64 Å². The third-order valence-electron chi connectivity index (χ3n) is 4.53. The summed E-state index contributed by atoms with van der Waals surface area (Å²) in [6.07, 6.45) is 1.88. The minimum Gasteiger partial charge on any atom is -0.482 e. The molecule has 2 aromatic carbocycles. The van der Waals surface area contributed by atoms with Gasteiger partial charge in [-0.1, -0.05) is 24.3 Å². The van der Waals surface area contributed by atoms with Crippen molar-refractivity contribution in [2.24, 2.45) is 0 Å². The van der Waals surface area contributed by atoms with Gasteiger partial charge in [-0.2, -0.15) is 5.26 Å². The van der Waals surface area contributed by atoms with Crippen LogP contribution in [-0.2, 0) is 4.79 Å². The van der Waals surface area contributed by atoms with Gasteiger partial charge in [-0.05, 0) is 37.1 Å². The van der Waals surface area contributed by atoms with Gasteiger partial charge >= 0.3 is 0 Å². The van der Waals surface area contributed by atoms with E-state index in [2.05, 4.69) is 12.1 Å². The lowest BCUT2D eigenvalue weighted by Gasteiger charge is -2.23. The number of rotatable bonds is 4. The summed E-state index contributed by atoms with van der Waals surface area (Å²) in [7, 11) is 0. The summed E-state index contributed by atoms with van der Waals surface area (Å²) < 4.78 is 6.75. The van der Waals surface area contributed by atoms with Crippen molar-refractivity contribution in [2.45, 2.75) is 18.9 Å². The molecule has 1 unspecified atom stereocenters. The second-order valence-electron chi connectivity index (χ2n) is 6.16. The number of hydrogen-bond donors (Lipinski definition) is 0. The monoisotopic (exact) mass is 363 g/mol. The zero-order valence-electron chi connectivity index (χ0n) is 14.1. The van der Waals surface area contributed by atoms with Gasteiger partial charge in [0.05, 0.1) is 21.8 Å². The summed E-state index contributed by atoms with van der Waals surface area (Å²) in [5.74, 6) is 0.374. The second-order valence-corrected chi connectivity index (χ2v) is 7.22. The first-order valence-electron chi connectivity index (χ1n) is 8.53. The highest BCUT2D eigenvalue weighted by molar-refractivity contribution is 7.18. The molecular weight excluding hydrogens is 346 g/mol. The van der Waals surface area contributed by atoms with E-state index >= 15 is 0 Å². The smallest absolute Gasteiger partial charge is 0.261 e. The van der Waals surface area contributed by atoms with Crippen LogP contribution in [0, 0.1) is 11.3 Å². The number of hydrogen-bond acceptors (Lipinski definition) is 5. The van der Waals surface area contributed by atoms with Crippen molar-refractivity contribution >= 4 is 27.5 Å². The van der Waals surface area contributed by atoms with Gasteiger partial charge in [0.1, 0.15) is 16.8 Å². The number of aromatic nitrogens is 1. The fourth-order valence-corrected chi connectivity index (χ4v) is 4.38. The van der Waals surface area contributed by atoms with Gasteiger partial charge in [-0.25, -0.2) is 4.98 Å². The van der Waals surface area contributed by atoms with Gasteiger partial charge in [0.2, 0.25) is 0 Å². The van der Waals surface area contributed by atoms with Crippen LogP contribution in [0.4, 0.5) is 0 Å². The van der Waals surface area contributed by atoms with Crippen molar-refractivity contribution in [3.8, 4) is 11.8 Å². The Morgan fingerprint density at radius 3 is 2.92 bits per heavy atom. The molecule has 26 heavy (non-hydrogen) atoms. The number of carbonyl (C=O) groups excluding carboxylic acids is 1. The van der Waals surface area contributed by atoms with Crippen molar-refractivity contribution in [3.05, 3.63) is 59.1 Å². The number of thiazole rings is 1. The molecule has 1 aliphatic heterocycles. The van der Waals surface area contributed by atoms with E-state index in [1.807, 2.05) is 23.1 Å². The molecule has 2 heterocycles. The lowest BCUT2D eigenvalue weighted by atomic mass is 10.2. The number of nitrogens with zero attached hydrogens (tertiary/aromatic N) is 3. The topological polar surface area (TPSA) is 66.2 Å². The fraction of sp³-hybridized carbons (Fsp3) is 0.250. The Balaban J connectivity index is 1.49. The summed E-state index contributed by atoms with van der Waals surface area (Å²) in [5.41, 5.74) is 1.41. The molecule has 0 N–H and O–H groups in total. The van der Waals surface area contributed by atoms with Crippen molar-refractivity contribution in [3.63, 3.8) is 0 Å². The fourth-order valence-electron chi connectivity index (χ4n) is 3.26. The van der Waals surface area contributed by atoms with E-state index in [1.54, 1.807) is 35.6 Å². The maximum atomic E-state index is 12.7. The second kappa shape index (κ2) is 7.14. The van der Waals surface area contributed by atoms with Crippen LogP contribution in [0.2, 0.25) is 0 Å². The zero-order valence-corrected chi connectivity index (χ0v) is 14.9. The Morgan fingerprint density at radius 2 is 2.08 bits per heavy atom. The lowest BCUT2D eigenvalue weighted by Crippen LogP contribution is -2.34. The zero-order chi connectivity index (χ0) is 17.9. The van der Waals surface area contributed by atoms with Gasteiger partial charge in [-0.3, -0.25) is 4.79 Å². The number of ether oxygens (including phenoxy) is 1. The van der Waals surface area contributed by atoms with Crippen molar-refractivity contribution < 1.29 is 9.53 Å². The Bertz CT molecular complexity index is 959. The maximum Gasteiger partial charge on any atom is 0.261 e. The molecule has 1 aromatic heterocycles. The highest BCUT2D eigenvalue weighted by Gasteiger charge is 2.32. The average Bonchev–Trinajstić information content (AvgIpc) is 3.32. The molecule has 4 rings (SSSR count). The van der Waals surface area contributed by atoms with Crippen LogP contribution in [-0.4, -0.2) is 28.9 Å². The molecule has 0 radical (unpaired) electrons. The summed E-state index contributed by atoms with van der Waals surface area (Å²) in [6.45, 7) is 0.642. The number of para-hydroxylation sites is 2. The quantitative estimate of drug-likeness (QED) is 0.705. The van der Waals surface area contributed by atoms with E-state index in [-0.39, 0.29) is 18.6 Å². The van der Waals surface area contributed by atoms with Crippen LogP contribution in [0.3, 0.4) is 0 Å². The van der Waals surface area contributed by atoms with Crippen LogP contribution in [0.25, 0.3) is 10.2 Å². The number of amides is 1. The molecule has 3 aromatic rings. The number of benzene rings is 2. The number of fused-ring (bicyclic) bond motifs is 1. The minimum atomic E-state index is -0.0699. The van der Waals surface area contributed by atoms with Crippen LogP contribution >= 0.6 is 11.3 Å². The first-order valence-corrected chi connectivity index (χ1v) is 9.35. The predicted molar refractivity (Wildman–Crippen MR) is 100.0 cm³/mol. The SMILES string of the molecule is N#Cc1ccccc1OCC(=O)N1CCCC1c1nc2ccccc2s1. The van der Waals surface area contributed by atoms with E-state index in [0.29, 0.717) is 17.9 Å². The molecule has 0 bridgehead atoms. The molecule has 1 aliphatic rings. The van der Waals surface area contributed by atoms with E-state index in [0.717, 1.165) is 28.1 Å². The van der Waals surface area contributed by atoms with Crippen LogP contribution in [0.5, 0.6) is 5.75 Å². The Kier molecular flexibility index (Phi) is 4.55. The molecule has 130 valence electrons. The molecule has 5 nitrogen and oxygen atoms in total. The summed E-state index contributed by atoms with van der Waals surface area (Å²) >= 11 is 1.65. The first-order chi connectivity index (χ1) is 12.8. The Labute approximate surface area is 155 Å². The molecule has 6 heteroatoms. The Morgan fingerprint density at radius 1 is 1.27 bits per heavy atom. The standard InChI is InChI=1S/C20H17N3O2S/c21-12-14-6-1-3-9-17(14)25-13-19(24)23-11-5-8-16(23)20-22-15-7-2-4-10-18(15)26-20/h1-4,6-7,9-10,16H,5,8,11,13H2. The van der Waals surface area contributed by atoms with Crippen LogP contribution in [0.15, 0.2) is 48.5 Å². The van der Waals surface area contributed by atoms with Crippen molar-refractivity contribution in [1.29, 1.82) is 5.26 Å². The van der Waals surface area contributed by atoms with Crippen LogP contribution < -0.4 is 4.74 Å². The molecule has 0 spiro atoms. The number of nitriles is 1. The summed E-state index contributed by atoms with van der Waals surface area (Å²) in [5, 5.41) is 10.1. The molecule has 0 aliphatic carbocycles. The number of carbonyl (C=O) groups is 1. The van der Waals surface area contributed by atoms with E-state index in [9.17, 15) is 4.79 Å². The largest absolute Gasteiger partial charge is 0.482 e. The van der Waals surface area contributed by atoms with Crippen molar-refractivity contribution in [1.82, 2.24) is 9.88 Å². The van der Waals surface area contributed by atoms with Crippen molar-refractivity contribution in [2.75, 3.05) is 13.2 Å². The molecule has 1 amide bonds.